The Morgan fingerprint density at radius 3 is 2.55 bits per heavy atom. The van der Waals surface area contributed by atoms with Gasteiger partial charge in [0, 0.05) is 33.2 Å². The van der Waals surface area contributed by atoms with Crippen molar-refractivity contribution in [2.24, 2.45) is 10.1 Å². The van der Waals surface area contributed by atoms with Gasteiger partial charge in [-0.15, -0.1) is 11.3 Å². The number of rotatable bonds is 4. The maximum absolute atomic E-state index is 13.4. The van der Waals surface area contributed by atoms with Gasteiger partial charge in [0.15, 0.2) is 5.71 Å². The average Bonchev–Trinajstić information content (AvgIpc) is 3.33. The smallest absolute Gasteiger partial charge is 0.279 e. The molecule has 0 bridgehead atoms. The zero-order chi connectivity index (χ0) is 22.9. The van der Waals surface area contributed by atoms with Gasteiger partial charge in [0.25, 0.3) is 5.91 Å². The SMILES string of the molecule is CC(C)N1C(=O)C(=Nn2c(-c3ccc(Br)cc3)csc2=Nc2cccnc2)c2ccccc21. The third-order valence-electron chi connectivity index (χ3n) is 5.25. The number of benzene rings is 2. The molecule has 4 aromatic rings. The van der Waals surface area contributed by atoms with Crippen molar-refractivity contribution in [1.82, 2.24) is 9.66 Å². The lowest BCUT2D eigenvalue weighted by Crippen LogP contribution is -2.36. The van der Waals surface area contributed by atoms with Gasteiger partial charge in [-0.05, 0) is 44.2 Å². The third-order valence-corrected chi connectivity index (χ3v) is 6.60. The molecule has 5 rings (SSSR count). The molecule has 33 heavy (non-hydrogen) atoms. The van der Waals surface area contributed by atoms with E-state index in [1.807, 2.05) is 79.9 Å². The van der Waals surface area contributed by atoms with Gasteiger partial charge in [-0.1, -0.05) is 46.3 Å². The molecule has 2 aromatic heterocycles. The number of para-hydroxylation sites is 1. The van der Waals surface area contributed by atoms with Crippen LogP contribution < -0.4 is 9.70 Å². The molecule has 0 spiro atoms. The molecule has 2 aromatic carbocycles. The van der Waals surface area contributed by atoms with Gasteiger partial charge in [0.2, 0.25) is 4.80 Å². The van der Waals surface area contributed by atoms with Gasteiger partial charge >= 0.3 is 0 Å². The van der Waals surface area contributed by atoms with Gasteiger partial charge in [0.05, 0.1) is 23.3 Å². The molecule has 3 heterocycles. The van der Waals surface area contributed by atoms with Gasteiger partial charge in [0.1, 0.15) is 0 Å². The lowest BCUT2D eigenvalue weighted by Gasteiger charge is -2.20. The molecule has 0 fully saturated rings. The zero-order valence-electron chi connectivity index (χ0n) is 18.0. The molecule has 0 N–H and O–H groups in total. The third kappa shape index (κ3) is 4.07. The Bertz CT molecular complexity index is 1420. The van der Waals surface area contributed by atoms with Crippen molar-refractivity contribution in [3.8, 4) is 11.3 Å². The van der Waals surface area contributed by atoms with Crippen LogP contribution in [0, 0.1) is 0 Å². The molecule has 8 heteroatoms. The van der Waals surface area contributed by atoms with Crippen molar-refractivity contribution < 1.29 is 4.79 Å². The van der Waals surface area contributed by atoms with Crippen molar-refractivity contribution >= 4 is 50.3 Å². The first kappa shape index (κ1) is 21.5. The van der Waals surface area contributed by atoms with Gasteiger partial charge < -0.3 is 4.90 Å². The average molecular weight is 518 g/mol. The second-order valence-electron chi connectivity index (χ2n) is 7.78. The Labute approximate surface area is 203 Å². The Hall–Kier alpha value is -3.36. The predicted molar refractivity (Wildman–Crippen MR) is 136 cm³/mol. The van der Waals surface area contributed by atoms with Crippen LogP contribution in [0.15, 0.2) is 93.0 Å². The topological polar surface area (TPSA) is 62.9 Å². The molecular formula is C25H20BrN5OS. The standard InChI is InChI=1S/C25H20BrN5OS/c1-16(2)30-21-8-4-3-7-20(21)23(24(30)32)29-31-22(17-9-11-18(26)12-10-17)15-33-25(31)28-19-6-5-13-27-14-19/h3-16H,1-2H3. The number of carbonyl (C=O) groups is 1. The van der Waals surface area contributed by atoms with Gasteiger partial charge in [-0.3, -0.25) is 9.78 Å². The highest BCUT2D eigenvalue weighted by molar-refractivity contribution is 9.10. The van der Waals surface area contributed by atoms with Crippen LogP contribution in [0.3, 0.4) is 0 Å². The molecule has 0 unspecified atom stereocenters. The number of aromatic nitrogens is 2. The van der Waals surface area contributed by atoms with Crippen LogP contribution in [-0.4, -0.2) is 27.3 Å². The fourth-order valence-electron chi connectivity index (χ4n) is 3.76. The molecule has 1 amide bonds. The minimum Gasteiger partial charge on any atom is -0.304 e. The van der Waals surface area contributed by atoms with E-state index in [1.165, 1.54) is 11.3 Å². The number of fused-ring (bicyclic) bond motifs is 1. The van der Waals surface area contributed by atoms with Gasteiger partial charge in [-0.25, -0.2) is 9.67 Å². The van der Waals surface area contributed by atoms with E-state index in [-0.39, 0.29) is 11.9 Å². The molecule has 1 aliphatic heterocycles. The molecule has 0 aliphatic carbocycles. The van der Waals surface area contributed by atoms with Crippen LogP contribution in [0.25, 0.3) is 11.3 Å². The first-order valence-electron chi connectivity index (χ1n) is 10.5. The van der Waals surface area contributed by atoms with Crippen LogP contribution in [-0.2, 0) is 4.79 Å². The van der Waals surface area contributed by atoms with E-state index in [0.29, 0.717) is 10.5 Å². The fourth-order valence-corrected chi connectivity index (χ4v) is 4.87. The van der Waals surface area contributed by atoms with Crippen molar-refractivity contribution in [2.75, 3.05) is 4.90 Å². The zero-order valence-corrected chi connectivity index (χ0v) is 20.4. The summed E-state index contributed by atoms with van der Waals surface area (Å²) in [5.41, 5.74) is 4.66. The van der Waals surface area contributed by atoms with E-state index in [0.717, 1.165) is 32.7 Å². The summed E-state index contributed by atoms with van der Waals surface area (Å²) < 4.78 is 2.75. The van der Waals surface area contributed by atoms with E-state index in [9.17, 15) is 4.79 Å². The molecular weight excluding hydrogens is 498 g/mol. The predicted octanol–water partition coefficient (Wildman–Crippen LogP) is 5.61. The summed E-state index contributed by atoms with van der Waals surface area (Å²) in [5.74, 6) is -0.112. The van der Waals surface area contributed by atoms with Crippen LogP contribution in [0.4, 0.5) is 11.4 Å². The number of halogens is 1. The molecule has 6 nitrogen and oxygen atoms in total. The Kier molecular flexibility index (Phi) is 5.78. The van der Waals surface area contributed by atoms with Crippen molar-refractivity contribution in [2.45, 2.75) is 19.9 Å². The van der Waals surface area contributed by atoms with Crippen LogP contribution in [0.1, 0.15) is 19.4 Å². The Morgan fingerprint density at radius 1 is 1.03 bits per heavy atom. The summed E-state index contributed by atoms with van der Waals surface area (Å²) in [5, 5.41) is 6.90. The quantitative estimate of drug-likeness (QED) is 0.353. The molecule has 164 valence electrons. The lowest BCUT2D eigenvalue weighted by molar-refractivity contribution is -0.112. The minimum atomic E-state index is -0.112. The number of hydrogen-bond acceptors (Lipinski definition) is 5. The molecule has 0 radical (unpaired) electrons. The lowest BCUT2D eigenvalue weighted by atomic mass is 10.1. The highest BCUT2D eigenvalue weighted by atomic mass is 79.9. The van der Waals surface area contributed by atoms with E-state index >= 15 is 0 Å². The fraction of sp³-hybridized carbons (Fsp3) is 0.120. The van der Waals surface area contributed by atoms with Gasteiger partial charge in [-0.2, -0.15) is 5.10 Å². The molecule has 1 aliphatic rings. The first-order chi connectivity index (χ1) is 16.0. The second-order valence-corrected chi connectivity index (χ2v) is 9.53. The summed E-state index contributed by atoms with van der Waals surface area (Å²) in [6.07, 6.45) is 3.41. The summed E-state index contributed by atoms with van der Waals surface area (Å²) in [6.45, 7) is 4.01. The highest BCUT2D eigenvalue weighted by Gasteiger charge is 2.35. The maximum Gasteiger partial charge on any atom is 0.279 e. The van der Waals surface area contributed by atoms with E-state index < -0.39 is 0 Å². The van der Waals surface area contributed by atoms with Crippen molar-refractivity contribution in [3.63, 3.8) is 0 Å². The molecule has 0 saturated carbocycles. The number of thiazole rings is 1. The first-order valence-corrected chi connectivity index (χ1v) is 12.1. The number of amides is 1. The van der Waals surface area contributed by atoms with Crippen LogP contribution >= 0.6 is 27.3 Å². The largest absolute Gasteiger partial charge is 0.304 e. The Balaban J connectivity index is 1.74. The normalized spacial score (nSPS) is 15.0. The number of carbonyl (C=O) groups excluding carboxylic acids is 1. The molecule has 0 saturated heterocycles. The minimum absolute atomic E-state index is 0.0179. The highest BCUT2D eigenvalue weighted by Crippen LogP contribution is 2.31. The Morgan fingerprint density at radius 2 is 1.82 bits per heavy atom. The van der Waals surface area contributed by atoms with E-state index in [1.54, 1.807) is 22.0 Å². The summed E-state index contributed by atoms with van der Waals surface area (Å²) in [6, 6.07) is 19.5. The second kappa shape index (κ2) is 8.88. The number of hydrogen-bond donors (Lipinski definition) is 0. The number of nitrogens with zero attached hydrogens (tertiary/aromatic N) is 5. The number of pyridine rings is 1. The number of anilines is 1. The van der Waals surface area contributed by atoms with E-state index in [4.69, 9.17) is 10.1 Å². The van der Waals surface area contributed by atoms with Crippen molar-refractivity contribution in [3.05, 3.63) is 93.3 Å². The maximum atomic E-state index is 13.4. The van der Waals surface area contributed by atoms with Crippen molar-refractivity contribution in [1.29, 1.82) is 0 Å². The summed E-state index contributed by atoms with van der Waals surface area (Å²) in [7, 11) is 0. The van der Waals surface area contributed by atoms with Crippen LogP contribution in [0.5, 0.6) is 0 Å². The van der Waals surface area contributed by atoms with Crippen LogP contribution in [0.2, 0.25) is 0 Å². The molecule has 0 atom stereocenters. The summed E-state index contributed by atoms with van der Waals surface area (Å²) in [4.78, 5) is 24.8. The van der Waals surface area contributed by atoms with E-state index in [2.05, 4.69) is 20.9 Å². The monoisotopic (exact) mass is 517 g/mol. The summed E-state index contributed by atoms with van der Waals surface area (Å²) >= 11 is 4.96.